The van der Waals surface area contributed by atoms with Crippen molar-refractivity contribution in [3.05, 3.63) is 0 Å². The van der Waals surface area contributed by atoms with Gasteiger partial charge in [-0.05, 0) is 0 Å². The van der Waals surface area contributed by atoms with Crippen molar-refractivity contribution in [1.82, 2.24) is 0 Å². The summed E-state index contributed by atoms with van der Waals surface area (Å²) in [6.07, 6.45) is 0. The van der Waals surface area contributed by atoms with Crippen LogP contribution < -0.4 is 30.6 Å². The average Bonchev–Trinajstić information content (AvgIpc) is 2.18. The third kappa shape index (κ3) is 36.3. The van der Waals surface area contributed by atoms with E-state index in [0.29, 0.717) is 0 Å². The van der Waals surface area contributed by atoms with Gasteiger partial charge in [-0.15, -0.1) is 0 Å². The Labute approximate surface area is 113 Å². The molecule has 0 saturated heterocycles. The molecule has 0 aromatic carbocycles. The van der Waals surface area contributed by atoms with Crippen LogP contribution in [0.15, 0.2) is 0 Å². The summed E-state index contributed by atoms with van der Waals surface area (Å²) >= 11 is 0. The summed E-state index contributed by atoms with van der Waals surface area (Å²) in [6.45, 7) is 0. The summed E-state index contributed by atoms with van der Waals surface area (Å²) in [6, 6.07) is 0. The van der Waals surface area contributed by atoms with Crippen LogP contribution in [0.3, 0.4) is 0 Å². The van der Waals surface area contributed by atoms with Crippen molar-refractivity contribution < 1.29 is 59.4 Å². The van der Waals surface area contributed by atoms with E-state index in [1.165, 1.54) is 0 Å². The monoisotopic (exact) mass is 286 g/mol. The number of hydrogen-bond acceptors (Lipinski definition) is 12. The molecule has 0 fully saturated rings. The third-order valence-electron chi connectivity index (χ3n) is 0.500. The Hall–Kier alpha value is -3.05. The Morgan fingerprint density at radius 2 is 0.400 bits per heavy atom. The standard InChI is InChI=1S/3C2H2O4.2B/c3*3-1(4)2(5)6;;/h3*(H,3,4)(H,5,6);;/q;;;2*+3/p-6. The summed E-state index contributed by atoms with van der Waals surface area (Å²) in [5, 5.41) is 53.6. The molecule has 0 heterocycles. The smallest absolute Gasteiger partial charge is 0.543 e. The van der Waals surface area contributed by atoms with Crippen LogP contribution in [0.4, 0.5) is 0 Å². The molecule has 0 bridgehead atoms. The number of carbonyl (C=O) groups excluding carboxylic acids is 6. The molecular formula is C6B2O12. The van der Waals surface area contributed by atoms with Gasteiger partial charge in [-0.3, -0.25) is 0 Å². The van der Waals surface area contributed by atoms with Gasteiger partial charge in [-0.1, -0.05) is 0 Å². The van der Waals surface area contributed by atoms with E-state index in [2.05, 4.69) is 0 Å². The molecule has 12 nitrogen and oxygen atoms in total. The van der Waals surface area contributed by atoms with Gasteiger partial charge in [0.1, 0.15) is 0 Å². The van der Waals surface area contributed by atoms with Crippen LogP contribution in [0, 0.1) is 0 Å². The average molecular weight is 286 g/mol. The fourth-order valence-electron chi connectivity index (χ4n) is 0. The third-order valence-corrected chi connectivity index (χ3v) is 0.500. The van der Waals surface area contributed by atoms with Crippen LogP contribution in [0.1, 0.15) is 0 Å². The maximum Gasteiger partial charge on any atom is 3.00 e. The fraction of sp³-hybridized carbons (Fsp3) is 0. The molecule has 0 unspecified atom stereocenters. The zero-order chi connectivity index (χ0) is 15.5. The number of carboxylic acid groups (broad SMARTS) is 6. The number of hydrogen-bond donors (Lipinski definition) is 0. The van der Waals surface area contributed by atoms with Crippen LogP contribution in [0.5, 0.6) is 0 Å². The molecule has 102 valence electrons. The molecule has 0 spiro atoms. The number of aliphatic carboxylic acids is 6. The predicted octanol–water partition coefficient (Wildman–Crippen LogP) is -11.3. The van der Waals surface area contributed by atoms with E-state index in [9.17, 15) is 0 Å². The first-order valence-corrected chi connectivity index (χ1v) is 3.20. The van der Waals surface area contributed by atoms with Crippen LogP contribution >= 0.6 is 0 Å². The summed E-state index contributed by atoms with van der Waals surface area (Å²) in [5.74, 6) is -13.1. The molecule has 0 N–H and O–H groups in total. The van der Waals surface area contributed by atoms with Gasteiger partial charge in [-0.25, -0.2) is 0 Å². The molecule has 0 aliphatic heterocycles. The van der Waals surface area contributed by atoms with Gasteiger partial charge in [0.2, 0.25) is 0 Å². The van der Waals surface area contributed by atoms with E-state index >= 15 is 0 Å². The van der Waals surface area contributed by atoms with Gasteiger partial charge in [0.15, 0.2) is 0 Å². The molecule has 0 saturated carbocycles. The second-order valence-corrected chi connectivity index (χ2v) is 1.72. The minimum atomic E-state index is -2.19. The largest absolute Gasteiger partial charge is 3.00 e. The number of rotatable bonds is 0. The minimum Gasteiger partial charge on any atom is -0.543 e. The Bertz CT molecular complexity index is 281. The molecular weight excluding hydrogens is 286 g/mol. The number of carbonyl (C=O) groups is 6. The van der Waals surface area contributed by atoms with Crippen molar-refractivity contribution in [1.29, 1.82) is 0 Å². The van der Waals surface area contributed by atoms with Gasteiger partial charge in [0, 0.05) is 0 Å². The fourth-order valence-corrected chi connectivity index (χ4v) is 0. The van der Waals surface area contributed by atoms with E-state index in [1.54, 1.807) is 0 Å². The van der Waals surface area contributed by atoms with Gasteiger partial charge in [-0.2, -0.15) is 0 Å². The summed E-state index contributed by atoms with van der Waals surface area (Å²) < 4.78 is 0. The van der Waals surface area contributed by atoms with Gasteiger partial charge >= 0.3 is 16.8 Å². The molecule has 20 heavy (non-hydrogen) atoms. The van der Waals surface area contributed by atoms with E-state index in [0.717, 1.165) is 0 Å². The normalized spacial score (nSPS) is 6.60. The first-order chi connectivity index (χ1) is 7.93. The van der Waals surface area contributed by atoms with E-state index in [-0.39, 0.29) is 16.8 Å². The molecule has 0 aliphatic rings. The van der Waals surface area contributed by atoms with Crippen LogP contribution in [0.25, 0.3) is 0 Å². The molecule has 0 atom stereocenters. The second-order valence-electron chi connectivity index (χ2n) is 1.72. The topological polar surface area (TPSA) is 241 Å². The Morgan fingerprint density at radius 3 is 0.400 bits per heavy atom. The maximum absolute atomic E-state index is 8.93. The van der Waals surface area contributed by atoms with Crippen molar-refractivity contribution in [3.63, 3.8) is 0 Å². The summed E-state index contributed by atoms with van der Waals surface area (Å²) in [4.78, 5) is 53.6. The molecule has 14 heteroatoms. The zero-order valence-electron chi connectivity index (χ0n) is 9.05. The van der Waals surface area contributed by atoms with Gasteiger partial charge < -0.3 is 59.4 Å². The molecule has 0 radical (unpaired) electrons. The quantitative estimate of drug-likeness (QED) is 0.297. The van der Waals surface area contributed by atoms with Crippen molar-refractivity contribution >= 4 is 52.6 Å². The van der Waals surface area contributed by atoms with E-state index in [4.69, 9.17) is 59.4 Å². The van der Waals surface area contributed by atoms with Crippen molar-refractivity contribution in [2.45, 2.75) is 0 Å². The first kappa shape index (κ1) is 30.2. The molecule has 0 rings (SSSR count). The molecule has 0 aliphatic carbocycles. The molecule has 0 aromatic rings. The second kappa shape index (κ2) is 15.9. The Balaban J connectivity index is -0.0000000536. The van der Waals surface area contributed by atoms with Crippen molar-refractivity contribution in [3.8, 4) is 0 Å². The summed E-state index contributed by atoms with van der Waals surface area (Å²) in [5.41, 5.74) is 0. The Kier molecular flexibility index (Phi) is 24.1. The van der Waals surface area contributed by atoms with Crippen molar-refractivity contribution in [2.24, 2.45) is 0 Å². The van der Waals surface area contributed by atoms with Crippen molar-refractivity contribution in [2.75, 3.05) is 0 Å². The maximum atomic E-state index is 8.93. The molecule has 0 amide bonds. The Morgan fingerprint density at radius 1 is 0.350 bits per heavy atom. The summed E-state index contributed by atoms with van der Waals surface area (Å²) in [7, 11) is 0. The van der Waals surface area contributed by atoms with Crippen LogP contribution in [-0.2, 0) is 28.8 Å². The predicted molar refractivity (Wildman–Crippen MR) is 41.5 cm³/mol. The van der Waals surface area contributed by atoms with E-state index in [1.807, 2.05) is 0 Å². The zero-order valence-corrected chi connectivity index (χ0v) is 9.05. The van der Waals surface area contributed by atoms with Gasteiger partial charge in [0.05, 0.1) is 35.8 Å². The minimum absolute atomic E-state index is 0. The van der Waals surface area contributed by atoms with Crippen LogP contribution in [0.2, 0.25) is 0 Å². The van der Waals surface area contributed by atoms with E-state index < -0.39 is 35.8 Å². The number of carboxylic acids is 6. The molecule has 0 aromatic heterocycles. The SMILES string of the molecule is O=C([O-])C(=O)[O-].O=C([O-])C(=O)[O-].O=C([O-])C(=O)[O-].[B+3].[B+3]. The van der Waals surface area contributed by atoms with Crippen LogP contribution in [-0.4, -0.2) is 52.6 Å². The van der Waals surface area contributed by atoms with Gasteiger partial charge in [0.25, 0.3) is 0 Å². The first-order valence-electron chi connectivity index (χ1n) is 3.20.